The summed E-state index contributed by atoms with van der Waals surface area (Å²) in [6.07, 6.45) is 3.80. The number of anilines is 1. The molecule has 0 spiro atoms. The third-order valence-corrected chi connectivity index (χ3v) is 2.66. The second-order valence-corrected chi connectivity index (χ2v) is 4.08. The molecule has 104 valence electrons. The molecule has 0 radical (unpaired) electrons. The minimum Gasteiger partial charge on any atom is -0.399 e. The predicted molar refractivity (Wildman–Crippen MR) is 72.1 cm³/mol. The van der Waals surface area contributed by atoms with E-state index in [1.807, 2.05) is 0 Å². The molecular weight excluding hydrogens is 262 g/mol. The summed E-state index contributed by atoms with van der Waals surface area (Å²) in [6, 6.07) is 3.90. The number of aromatic nitrogens is 2. The Balaban J connectivity index is 2.05. The topological polar surface area (TPSA) is 127 Å². The number of nitrogens with one attached hydrogen (secondary N) is 2. The summed E-state index contributed by atoms with van der Waals surface area (Å²) in [4.78, 5) is 29.1. The van der Waals surface area contributed by atoms with E-state index >= 15 is 0 Å². The molecule has 0 saturated carbocycles. The van der Waals surface area contributed by atoms with E-state index < -0.39 is 10.8 Å². The Hall–Kier alpha value is -2.90. The van der Waals surface area contributed by atoms with Gasteiger partial charge in [0.1, 0.15) is 11.4 Å². The monoisotopic (exact) mass is 275 g/mol. The number of imidazole rings is 1. The summed E-state index contributed by atoms with van der Waals surface area (Å²) in [7, 11) is 0. The van der Waals surface area contributed by atoms with Crippen LogP contribution in [0.2, 0.25) is 0 Å². The molecular formula is C12H13N5O3. The van der Waals surface area contributed by atoms with Gasteiger partial charge in [-0.3, -0.25) is 14.9 Å². The van der Waals surface area contributed by atoms with E-state index in [2.05, 4.69) is 15.3 Å². The zero-order chi connectivity index (χ0) is 14.5. The zero-order valence-corrected chi connectivity index (χ0v) is 10.5. The number of nitrogens with two attached hydrogens (primary N) is 1. The van der Waals surface area contributed by atoms with Crippen LogP contribution in [0.25, 0.3) is 0 Å². The van der Waals surface area contributed by atoms with Crippen molar-refractivity contribution in [1.29, 1.82) is 0 Å². The fourth-order valence-electron chi connectivity index (χ4n) is 1.72. The van der Waals surface area contributed by atoms with Crippen LogP contribution in [0.5, 0.6) is 0 Å². The van der Waals surface area contributed by atoms with Gasteiger partial charge in [-0.15, -0.1) is 0 Å². The average molecular weight is 275 g/mol. The normalized spacial score (nSPS) is 10.2. The van der Waals surface area contributed by atoms with Crippen LogP contribution in [-0.4, -0.2) is 27.3 Å². The van der Waals surface area contributed by atoms with Crippen molar-refractivity contribution in [3.63, 3.8) is 0 Å². The maximum absolute atomic E-state index is 11.9. The lowest BCUT2D eigenvalue weighted by atomic mass is 10.1. The molecule has 1 heterocycles. The standard InChI is InChI=1S/C12H13N5O3/c13-8-1-2-10(17(19)20)9(7-8)12(18)16-4-3-11-14-5-6-15-11/h1-2,5-7H,3-4,13H2,(H,14,15)(H,16,18). The zero-order valence-electron chi connectivity index (χ0n) is 10.5. The molecule has 8 nitrogen and oxygen atoms in total. The van der Waals surface area contributed by atoms with Gasteiger partial charge in [-0.1, -0.05) is 0 Å². The van der Waals surface area contributed by atoms with E-state index in [9.17, 15) is 14.9 Å². The predicted octanol–water partition coefficient (Wildman–Crippen LogP) is 0.873. The second-order valence-electron chi connectivity index (χ2n) is 4.08. The summed E-state index contributed by atoms with van der Waals surface area (Å²) >= 11 is 0. The smallest absolute Gasteiger partial charge is 0.282 e. The van der Waals surface area contributed by atoms with Crippen LogP contribution in [0.3, 0.4) is 0 Å². The highest BCUT2D eigenvalue weighted by Crippen LogP contribution is 2.20. The number of hydrogen-bond acceptors (Lipinski definition) is 5. The highest BCUT2D eigenvalue weighted by Gasteiger charge is 2.19. The van der Waals surface area contributed by atoms with Crippen molar-refractivity contribution in [3.8, 4) is 0 Å². The molecule has 0 aliphatic rings. The van der Waals surface area contributed by atoms with Gasteiger partial charge in [-0.2, -0.15) is 0 Å². The first kappa shape index (κ1) is 13.5. The number of aromatic amines is 1. The number of amides is 1. The number of nitrogen functional groups attached to an aromatic ring is 1. The van der Waals surface area contributed by atoms with Gasteiger partial charge in [0.2, 0.25) is 0 Å². The molecule has 0 bridgehead atoms. The number of H-pyrrole nitrogens is 1. The van der Waals surface area contributed by atoms with Crippen LogP contribution in [0, 0.1) is 10.1 Å². The van der Waals surface area contributed by atoms with Crippen LogP contribution in [-0.2, 0) is 6.42 Å². The van der Waals surface area contributed by atoms with Gasteiger partial charge in [0.05, 0.1) is 4.92 Å². The summed E-state index contributed by atoms with van der Waals surface area (Å²) in [5.74, 6) is 0.197. The first-order valence-corrected chi connectivity index (χ1v) is 5.88. The van der Waals surface area contributed by atoms with E-state index in [-0.39, 0.29) is 11.3 Å². The number of carbonyl (C=O) groups is 1. The fraction of sp³-hybridized carbons (Fsp3) is 0.167. The van der Waals surface area contributed by atoms with Crippen molar-refractivity contribution in [2.75, 3.05) is 12.3 Å². The average Bonchev–Trinajstić information content (AvgIpc) is 2.91. The van der Waals surface area contributed by atoms with Crippen molar-refractivity contribution in [2.45, 2.75) is 6.42 Å². The molecule has 4 N–H and O–H groups in total. The van der Waals surface area contributed by atoms with Gasteiger partial charge in [-0.05, 0) is 12.1 Å². The minimum atomic E-state index is -0.610. The second kappa shape index (κ2) is 5.83. The van der Waals surface area contributed by atoms with Gasteiger partial charge < -0.3 is 16.0 Å². The van der Waals surface area contributed by atoms with E-state index in [0.717, 1.165) is 5.82 Å². The Morgan fingerprint density at radius 1 is 1.50 bits per heavy atom. The molecule has 2 rings (SSSR count). The van der Waals surface area contributed by atoms with Crippen LogP contribution in [0.15, 0.2) is 30.6 Å². The third-order valence-electron chi connectivity index (χ3n) is 2.66. The molecule has 0 fully saturated rings. The highest BCUT2D eigenvalue weighted by molar-refractivity contribution is 5.99. The lowest BCUT2D eigenvalue weighted by Gasteiger charge is -2.05. The lowest BCUT2D eigenvalue weighted by Crippen LogP contribution is -2.26. The lowest BCUT2D eigenvalue weighted by molar-refractivity contribution is -0.385. The van der Waals surface area contributed by atoms with Crippen molar-refractivity contribution < 1.29 is 9.72 Å². The maximum Gasteiger partial charge on any atom is 0.282 e. The van der Waals surface area contributed by atoms with E-state index in [1.54, 1.807) is 12.4 Å². The number of nitrogens with zero attached hydrogens (tertiary/aromatic N) is 2. The molecule has 2 aromatic rings. The maximum atomic E-state index is 11.9. The Morgan fingerprint density at radius 3 is 2.95 bits per heavy atom. The molecule has 1 aromatic carbocycles. The Kier molecular flexibility index (Phi) is 3.94. The van der Waals surface area contributed by atoms with Crippen molar-refractivity contribution in [2.24, 2.45) is 0 Å². The molecule has 1 aromatic heterocycles. The van der Waals surface area contributed by atoms with Crippen molar-refractivity contribution in [3.05, 3.63) is 52.1 Å². The van der Waals surface area contributed by atoms with Crippen LogP contribution >= 0.6 is 0 Å². The molecule has 8 heteroatoms. The van der Waals surface area contributed by atoms with E-state index in [1.165, 1.54) is 18.2 Å². The van der Waals surface area contributed by atoms with Crippen molar-refractivity contribution in [1.82, 2.24) is 15.3 Å². The summed E-state index contributed by atoms with van der Waals surface area (Å²) < 4.78 is 0. The van der Waals surface area contributed by atoms with E-state index in [0.29, 0.717) is 18.7 Å². The van der Waals surface area contributed by atoms with Crippen LogP contribution < -0.4 is 11.1 Å². The van der Waals surface area contributed by atoms with E-state index in [4.69, 9.17) is 5.73 Å². The van der Waals surface area contributed by atoms with Gasteiger partial charge in [0.25, 0.3) is 11.6 Å². The van der Waals surface area contributed by atoms with Crippen molar-refractivity contribution >= 4 is 17.3 Å². The molecule has 0 saturated heterocycles. The van der Waals surface area contributed by atoms with Crippen LogP contribution in [0.4, 0.5) is 11.4 Å². The van der Waals surface area contributed by atoms with Gasteiger partial charge in [-0.25, -0.2) is 4.98 Å². The molecule has 0 aliphatic heterocycles. The number of hydrogen-bond donors (Lipinski definition) is 3. The Bertz CT molecular complexity index is 624. The molecule has 0 atom stereocenters. The Labute approximate surface area is 114 Å². The first-order valence-electron chi connectivity index (χ1n) is 5.88. The molecule has 0 unspecified atom stereocenters. The number of nitro benzene ring substituents is 1. The largest absolute Gasteiger partial charge is 0.399 e. The fourth-order valence-corrected chi connectivity index (χ4v) is 1.72. The van der Waals surface area contributed by atoms with Gasteiger partial charge in [0.15, 0.2) is 0 Å². The van der Waals surface area contributed by atoms with Gasteiger partial charge in [0, 0.05) is 37.1 Å². The number of carbonyl (C=O) groups excluding carboxylic acids is 1. The van der Waals surface area contributed by atoms with Gasteiger partial charge >= 0.3 is 0 Å². The van der Waals surface area contributed by atoms with Crippen LogP contribution in [0.1, 0.15) is 16.2 Å². The Morgan fingerprint density at radius 2 is 2.30 bits per heavy atom. The molecule has 20 heavy (non-hydrogen) atoms. The third kappa shape index (κ3) is 3.10. The SMILES string of the molecule is Nc1ccc([N+](=O)[O-])c(C(=O)NCCc2ncc[nH]2)c1. The number of nitro groups is 1. The number of benzene rings is 1. The number of rotatable bonds is 5. The molecule has 1 amide bonds. The summed E-state index contributed by atoms with van der Waals surface area (Å²) in [5.41, 5.74) is 5.54. The summed E-state index contributed by atoms with van der Waals surface area (Å²) in [6.45, 7) is 0.318. The quantitative estimate of drug-likeness (QED) is 0.424. The summed E-state index contributed by atoms with van der Waals surface area (Å²) in [5, 5.41) is 13.5. The highest BCUT2D eigenvalue weighted by atomic mass is 16.6. The first-order chi connectivity index (χ1) is 9.58. The molecule has 0 aliphatic carbocycles. The minimum absolute atomic E-state index is 0.0468.